The maximum Gasteiger partial charge on any atom is 0.252 e. The van der Waals surface area contributed by atoms with Crippen LogP contribution in [0, 0.1) is 17.1 Å². The molecule has 2 aromatic rings. The SMILES string of the molecule is COCCNCc1ccc(-n2cnc(C#N)n2)c(F)c1. The first-order valence-electron chi connectivity index (χ1n) is 6.05. The van der Waals surface area contributed by atoms with Crippen LogP contribution in [-0.2, 0) is 11.3 Å². The summed E-state index contributed by atoms with van der Waals surface area (Å²) in [7, 11) is 1.63. The third-order valence-corrected chi connectivity index (χ3v) is 2.66. The Bertz CT molecular complexity index is 619. The Hall–Kier alpha value is -2.30. The van der Waals surface area contributed by atoms with Crippen LogP contribution >= 0.6 is 0 Å². The molecule has 1 aromatic heterocycles. The summed E-state index contributed by atoms with van der Waals surface area (Å²) in [6, 6.07) is 6.64. The topological polar surface area (TPSA) is 75.8 Å². The van der Waals surface area contributed by atoms with Gasteiger partial charge in [-0.05, 0) is 17.7 Å². The average Bonchev–Trinajstić information content (AvgIpc) is 2.92. The molecule has 1 aromatic carbocycles. The molecule has 6 nitrogen and oxygen atoms in total. The summed E-state index contributed by atoms with van der Waals surface area (Å²) in [5.41, 5.74) is 1.09. The fourth-order valence-electron chi connectivity index (χ4n) is 1.68. The van der Waals surface area contributed by atoms with E-state index < -0.39 is 5.82 Å². The van der Waals surface area contributed by atoms with Gasteiger partial charge in [-0.2, -0.15) is 5.26 Å². The molecule has 0 bridgehead atoms. The number of hydrogen-bond donors (Lipinski definition) is 1. The monoisotopic (exact) mass is 275 g/mol. The van der Waals surface area contributed by atoms with Crippen LogP contribution in [0.25, 0.3) is 5.69 Å². The van der Waals surface area contributed by atoms with Gasteiger partial charge in [-0.3, -0.25) is 0 Å². The Morgan fingerprint density at radius 3 is 3.00 bits per heavy atom. The second-order valence-electron chi connectivity index (χ2n) is 4.08. The maximum atomic E-state index is 14.0. The first-order chi connectivity index (χ1) is 9.74. The molecule has 0 saturated heterocycles. The van der Waals surface area contributed by atoms with Gasteiger partial charge in [-0.1, -0.05) is 6.07 Å². The van der Waals surface area contributed by atoms with Crippen LogP contribution in [0.5, 0.6) is 0 Å². The van der Waals surface area contributed by atoms with E-state index >= 15 is 0 Å². The molecule has 0 unspecified atom stereocenters. The van der Waals surface area contributed by atoms with E-state index in [1.165, 1.54) is 17.1 Å². The second kappa shape index (κ2) is 6.75. The summed E-state index contributed by atoms with van der Waals surface area (Å²) in [4.78, 5) is 3.74. The predicted octanol–water partition coefficient (Wildman–Crippen LogP) is 1.01. The molecule has 1 heterocycles. The van der Waals surface area contributed by atoms with Gasteiger partial charge in [0.1, 0.15) is 23.9 Å². The first-order valence-corrected chi connectivity index (χ1v) is 6.05. The quantitative estimate of drug-likeness (QED) is 0.796. The molecule has 0 aliphatic rings. The molecule has 0 spiro atoms. The van der Waals surface area contributed by atoms with Crippen molar-refractivity contribution in [1.29, 1.82) is 5.26 Å². The zero-order chi connectivity index (χ0) is 14.4. The number of methoxy groups -OCH3 is 1. The zero-order valence-corrected chi connectivity index (χ0v) is 11.0. The van der Waals surface area contributed by atoms with Crippen molar-refractivity contribution >= 4 is 0 Å². The lowest BCUT2D eigenvalue weighted by Crippen LogP contribution is -2.18. The molecule has 0 radical (unpaired) electrons. The highest BCUT2D eigenvalue weighted by Crippen LogP contribution is 2.14. The van der Waals surface area contributed by atoms with Gasteiger partial charge in [0.15, 0.2) is 0 Å². The molecule has 0 atom stereocenters. The molecular weight excluding hydrogens is 261 g/mol. The second-order valence-corrected chi connectivity index (χ2v) is 4.08. The number of rotatable bonds is 6. The lowest BCUT2D eigenvalue weighted by molar-refractivity contribution is 0.199. The van der Waals surface area contributed by atoms with Gasteiger partial charge in [-0.25, -0.2) is 14.1 Å². The minimum Gasteiger partial charge on any atom is -0.383 e. The molecule has 1 N–H and O–H groups in total. The average molecular weight is 275 g/mol. The summed E-state index contributed by atoms with van der Waals surface area (Å²) in [6.45, 7) is 1.87. The molecule has 0 fully saturated rings. The van der Waals surface area contributed by atoms with E-state index in [4.69, 9.17) is 10.00 Å². The molecule has 0 aliphatic heterocycles. The van der Waals surface area contributed by atoms with Crippen LogP contribution in [-0.4, -0.2) is 35.0 Å². The van der Waals surface area contributed by atoms with Gasteiger partial charge in [-0.15, -0.1) is 5.10 Å². The minimum absolute atomic E-state index is 0.00899. The highest BCUT2D eigenvalue weighted by Gasteiger charge is 2.08. The number of nitrogens with zero attached hydrogens (tertiary/aromatic N) is 4. The lowest BCUT2D eigenvalue weighted by atomic mass is 10.2. The van der Waals surface area contributed by atoms with E-state index in [1.54, 1.807) is 25.3 Å². The fourth-order valence-corrected chi connectivity index (χ4v) is 1.68. The van der Waals surface area contributed by atoms with Crippen molar-refractivity contribution in [2.24, 2.45) is 0 Å². The summed E-state index contributed by atoms with van der Waals surface area (Å²) in [5.74, 6) is -0.403. The predicted molar refractivity (Wildman–Crippen MR) is 69.6 cm³/mol. The van der Waals surface area contributed by atoms with Gasteiger partial charge >= 0.3 is 0 Å². The number of ether oxygens (including phenoxy) is 1. The lowest BCUT2D eigenvalue weighted by Gasteiger charge is -2.07. The van der Waals surface area contributed by atoms with E-state index in [0.717, 1.165) is 5.56 Å². The molecule has 104 valence electrons. The van der Waals surface area contributed by atoms with E-state index in [1.807, 2.05) is 0 Å². The van der Waals surface area contributed by atoms with Crippen LogP contribution in [0.15, 0.2) is 24.5 Å². The fraction of sp³-hybridized carbons (Fsp3) is 0.308. The zero-order valence-electron chi connectivity index (χ0n) is 11.0. The van der Waals surface area contributed by atoms with Crippen molar-refractivity contribution in [3.05, 3.63) is 41.7 Å². The Balaban J connectivity index is 2.08. The molecular formula is C13H14FN5O. The standard InChI is InChI=1S/C13H14FN5O/c1-20-5-4-16-8-10-2-3-12(11(14)6-10)19-9-17-13(7-15)18-19/h2-3,6,9,16H,4-5,8H2,1H3. The van der Waals surface area contributed by atoms with Crippen molar-refractivity contribution in [2.75, 3.05) is 20.3 Å². The number of hydrogen-bond acceptors (Lipinski definition) is 5. The Morgan fingerprint density at radius 1 is 1.50 bits per heavy atom. The molecule has 2 rings (SSSR count). The van der Waals surface area contributed by atoms with Gasteiger partial charge in [0.2, 0.25) is 0 Å². The molecule has 0 aliphatic carbocycles. The third kappa shape index (κ3) is 3.38. The number of halogens is 1. The number of nitrogens with one attached hydrogen (secondary N) is 1. The number of nitriles is 1. The van der Waals surface area contributed by atoms with Crippen LogP contribution < -0.4 is 5.32 Å². The van der Waals surface area contributed by atoms with Crippen LogP contribution in [0.2, 0.25) is 0 Å². The largest absolute Gasteiger partial charge is 0.383 e. The van der Waals surface area contributed by atoms with Crippen molar-refractivity contribution in [2.45, 2.75) is 6.54 Å². The minimum atomic E-state index is -0.412. The summed E-state index contributed by atoms with van der Waals surface area (Å²) < 4.78 is 20.2. The molecule has 7 heteroatoms. The molecule has 0 amide bonds. The Morgan fingerprint density at radius 2 is 2.35 bits per heavy atom. The Labute approximate surface area is 115 Å². The van der Waals surface area contributed by atoms with Gasteiger partial charge < -0.3 is 10.1 Å². The van der Waals surface area contributed by atoms with E-state index in [9.17, 15) is 4.39 Å². The third-order valence-electron chi connectivity index (χ3n) is 2.66. The Kier molecular flexibility index (Phi) is 4.76. The first kappa shape index (κ1) is 14.1. The summed E-state index contributed by atoms with van der Waals surface area (Å²) >= 11 is 0. The van der Waals surface area contributed by atoms with Crippen LogP contribution in [0.1, 0.15) is 11.4 Å². The summed E-state index contributed by atoms with van der Waals surface area (Å²) in [6.07, 6.45) is 1.31. The summed E-state index contributed by atoms with van der Waals surface area (Å²) in [5, 5.41) is 15.6. The van der Waals surface area contributed by atoms with Crippen LogP contribution in [0.4, 0.5) is 4.39 Å². The van der Waals surface area contributed by atoms with E-state index in [0.29, 0.717) is 19.7 Å². The highest BCUT2D eigenvalue weighted by molar-refractivity contribution is 5.35. The van der Waals surface area contributed by atoms with Crippen molar-refractivity contribution in [3.8, 4) is 11.8 Å². The van der Waals surface area contributed by atoms with Gasteiger partial charge in [0.05, 0.1) is 6.61 Å². The van der Waals surface area contributed by atoms with Gasteiger partial charge in [0, 0.05) is 20.2 Å². The van der Waals surface area contributed by atoms with Crippen molar-refractivity contribution in [1.82, 2.24) is 20.1 Å². The highest BCUT2D eigenvalue weighted by atomic mass is 19.1. The van der Waals surface area contributed by atoms with Crippen molar-refractivity contribution < 1.29 is 9.13 Å². The van der Waals surface area contributed by atoms with Crippen LogP contribution in [0.3, 0.4) is 0 Å². The molecule has 0 saturated carbocycles. The van der Waals surface area contributed by atoms with Crippen molar-refractivity contribution in [3.63, 3.8) is 0 Å². The van der Waals surface area contributed by atoms with Gasteiger partial charge in [0.25, 0.3) is 5.82 Å². The smallest absolute Gasteiger partial charge is 0.252 e. The molecule has 20 heavy (non-hydrogen) atoms. The van der Waals surface area contributed by atoms with E-state index in [2.05, 4.69) is 15.4 Å². The number of aromatic nitrogens is 3. The normalized spacial score (nSPS) is 10.4. The van der Waals surface area contributed by atoms with E-state index in [-0.39, 0.29) is 11.5 Å². The number of benzene rings is 1. The maximum absolute atomic E-state index is 14.0.